The van der Waals surface area contributed by atoms with Crippen LogP contribution < -0.4 is 0 Å². The molecule has 2 aliphatic rings. The Morgan fingerprint density at radius 1 is 1.33 bits per heavy atom. The lowest BCUT2D eigenvalue weighted by Gasteiger charge is -2.34. The fourth-order valence-corrected chi connectivity index (χ4v) is 3.54. The zero-order chi connectivity index (χ0) is 17.1. The number of nitrogens with zero attached hydrogens (tertiary/aromatic N) is 2. The first-order valence-corrected chi connectivity index (χ1v) is 8.56. The van der Waals surface area contributed by atoms with Crippen LogP contribution in [-0.2, 0) is 4.79 Å². The summed E-state index contributed by atoms with van der Waals surface area (Å²) in [7, 11) is 0. The Labute approximate surface area is 141 Å². The average molecular weight is 330 g/mol. The van der Waals surface area contributed by atoms with E-state index in [0.717, 1.165) is 29.9 Å². The third-order valence-electron chi connectivity index (χ3n) is 4.81. The van der Waals surface area contributed by atoms with E-state index in [2.05, 4.69) is 0 Å². The molecule has 128 valence electrons. The molecule has 1 aliphatic carbocycles. The van der Waals surface area contributed by atoms with Gasteiger partial charge < -0.3 is 10.0 Å². The lowest BCUT2D eigenvalue weighted by molar-refractivity contribution is -0.137. The van der Waals surface area contributed by atoms with Crippen molar-refractivity contribution in [3.63, 3.8) is 0 Å². The number of halogens is 1. The maximum absolute atomic E-state index is 13.5. The topological polar surface area (TPSA) is 52.9 Å². The number of hydrogen-bond acceptors (Lipinski definition) is 3. The zero-order valence-electron chi connectivity index (χ0n) is 14.0. The van der Waals surface area contributed by atoms with Gasteiger partial charge in [0.2, 0.25) is 0 Å². The first kappa shape index (κ1) is 16.7. The molecule has 1 heterocycles. The molecule has 24 heavy (non-hydrogen) atoms. The smallest absolute Gasteiger partial charge is 0.323 e. The molecular formula is C19H23FN2O2. The van der Waals surface area contributed by atoms with Gasteiger partial charge in [0.15, 0.2) is 0 Å². The second-order valence-electron chi connectivity index (χ2n) is 6.63. The number of amidine groups is 1. The Hall–Kier alpha value is -2.17. The maximum Gasteiger partial charge on any atom is 0.323 e. The molecule has 0 bridgehead atoms. The molecule has 0 radical (unpaired) electrons. The molecule has 0 atom stereocenters. The summed E-state index contributed by atoms with van der Waals surface area (Å²) in [6.07, 6.45) is 7.62. The number of aryl methyl sites for hydroxylation is 1. The first-order valence-electron chi connectivity index (χ1n) is 8.56. The van der Waals surface area contributed by atoms with Gasteiger partial charge in [-0.2, -0.15) is 0 Å². The third kappa shape index (κ3) is 3.66. The van der Waals surface area contributed by atoms with Gasteiger partial charge in [-0.3, -0.25) is 4.79 Å². The van der Waals surface area contributed by atoms with E-state index in [0.29, 0.717) is 18.0 Å². The molecule has 1 saturated carbocycles. The highest BCUT2D eigenvalue weighted by Crippen LogP contribution is 2.30. The second kappa shape index (κ2) is 7.16. The molecule has 0 spiro atoms. The molecule has 1 aromatic carbocycles. The fraction of sp³-hybridized carbons (Fsp3) is 0.474. The average Bonchev–Trinajstić information content (AvgIpc) is 2.58. The molecule has 1 aromatic rings. The van der Waals surface area contributed by atoms with Crippen LogP contribution in [0.3, 0.4) is 0 Å². The van der Waals surface area contributed by atoms with E-state index in [4.69, 9.17) is 4.99 Å². The maximum atomic E-state index is 13.5. The first-order chi connectivity index (χ1) is 11.5. The summed E-state index contributed by atoms with van der Waals surface area (Å²) >= 11 is 0. The van der Waals surface area contributed by atoms with Crippen LogP contribution in [-0.4, -0.2) is 34.9 Å². The fourth-order valence-electron chi connectivity index (χ4n) is 3.54. The zero-order valence-corrected chi connectivity index (χ0v) is 14.0. The van der Waals surface area contributed by atoms with Crippen molar-refractivity contribution in [3.8, 4) is 0 Å². The Kier molecular flexibility index (Phi) is 4.97. The van der Waals surface area contributed by atoms with Gasteiger partial charge in [0, 0.05) is 18.0 Å². The molecule has 5 heteroatoms. The number of hydrogen-bond donors (Lipinski definition) is 1. The van der Waals surface area contributed by atoms with Crippen molar-refractivity contribution < 1.29 is 14.3 Å². The predicted molar refractivity (Wildman–Crippen MR) is 92.3 cm³/mol. The quantitative estimate of drug-likeness (QED) is 0.912. The molecule has 4 nitrogen and oxygen atoms in total. The van der Waals surface area contributed by atoms with E-state index >= 15 is 0 Å². The van der Waals surface area contributed by atoms with Gasteiger partial charge in [-0.25, -0.2) is 9.38 Å². The standard InChI is InChI=1S/C19H23FN2O2/c1-13-11-15(7-8-16(13)20)17-9-10-22(12-18(23)24)19(21-17)14-5-3-2-4-6-14/h7-9,11,14H,2-6,10,12H2,1H3,(H,23,24). The Morgan fingerprint density at radius 2 is 2.08 bits per heavy atom. The number of benzene rings is 1. The highest BCUT2D eigenvalue weighted by molar-refractivity contribution is 5.93. The van der Waals surface area contributed by atoms with E-state index in [-0.39, 0.29) is 12.4 Å². The molecular weight excluding hydrogens is 307 g/mol. The lowest BCUT2D eigenvalue weighted by atomic mass is 9.87. The largest absolute Gasteiger partial charge is 0.480 e. The van der Waals surface area contributed by atoms with Crippen LogP contribution in [0.15, 0.2) is 29.3 Å². The number of aliphatic carboxylic acids is 1. The summed E-state index contributed by atoms with van der Waals surface area (Å²) in [5.74, 6) is 0.145. The minimum atomic E-state index is -0.840. The number of carboxylic acids is 1. The third-order valence-corrected chi connectivity index (χ3v) is 4.81. The number of rotatable bonds is 4. The van der Waals surface area contributed by atoms with Crippen molar-refractivity contribution >= 4 is 17.5 Å². The van der Waals surface area contributed by atoms with Gasteiger partial charge in [0.05, 0.1) is 5.70 Å². The second-order valence-corrected chi connectivity index (χ2v) is 6.63. The van der Waals surface area contributed by atoms with Crippen molar-refractivity contribution in [1.82, 2.24) is 4.90 Å². The molecule has 1 aliphatic heterocycles. The van der Waals surface area contributed by atoms with Gasteiger partial charge in [0.1, 0.15) is 18.2 Å². The van der Waals surface area contributed by atoms with E-state index in [1.165, 1.54) is 25.3 Å². The SMILES string of the molecule is Cc1cc(C2=CCN(CC(=O)O)C(C3CCCCC3)=N2)ccc1F. The van der Waals surface area contributed by atoms with Crippen LogP contribution >= 0.6 is 0 Å². The minimum Gasteiger partial charge on any atom is -0.480 e. The van der Waals surface area contributed by atoms with E-state index in [1.54, 1.807) is 19.1 Å². The normalized spacial score (nSPS) is 19.0. The summed E-state index contributed by atoms with van der Waals surface area (Å²) in [5.41, 5.74) is 2.30. The molecule has 0 unspecified atom stereocenters. The summed E-state index contributed by atoms with van der Waals surface area (Å²) in [6.45, 7) is 2.25. The van der Waals surface area contributed by atoms with Crippen LogP contribution in [0.5, 0.6) is 0 Å². The summed E-state index contributed by atoms with van der Waals surface area (Å²) in [4.78, 5) is 17.8. The lowest BCUT2D eigenvalue weighted by Crippen LogP contribution is -2.42. The molecule has 3 rings (SSSR count). The summed E-state index contributed by atoms with van der Waals surface area (Å²) < 4.78 is 13.5. The number of carbonyl (C=O) groups is 1. The van der Waals surface area contributed by atoms with Crippen LogP contribution in [0.4, 0.5) is 4.39 Å². The van der Waals surface area contributed by atoms with Gasteiger partial charge in [-0.15, -0.1) is 0 Å². The monoisotopic (exact) mass is 330 g/mol. The van der Waals surface area contributed by atoms with Gasteiger partial charge in [0.25, 0.3) is 0 Å². The molecule has 1 fully saturated rings. The predicted octanol–water partition coefficient (Wildman–Crippen LogP) is 3.85. The molecule has 0 amide bonds. The van der Waals surface area contributed by atoms with Crippen molar-refractivity contribution in [2.75, 3.05) is 13.1 Å². The van der Waals surface area contributed by atoms with Crippen molar-refractivity contribution in [1.29, 1.82) is 0 Å². The Balaban J connectivity index is 1.90. The van der Waals surface area contributed by atoms with Crippen LogP contribution in [0.1, 0.15) is 43.2 Å². The van der Waals surface area contributed by atoms with Crippen LogP contribution in [0.2, 0.25) is 0 Å². The number of carboxylic acid groups (broad SMARTS) is 1. The van der Waals surface area contributed by atoms with Crippen LogP contribution in [0, 0.1) is 18.7 Å². The van der Waals surface area contributed by atoms with Gasteiger partial charge >= 0.3 is 5.97 Å². The molecule has 0 aromatic heterocycles. The van der Waals surface area contributed by atoms with Crippen LogP contribution in [0.25, 0.3) is 5.70 Å². The van der Waals surface area contributed by atoms with Crippen molar-refractivity contribution in [3.05, 3.63) is 41.2 Å². The van der Waals surface area contributed by atoms with E-state index in [1.807, 2.05) is 11.0 Å². The summed E-state index contributed by atoms with van der Waals surface area (Å²) in [6, 6.07) is 5.00. The molecule has 1 N–H and O–H groups in total. The Morgan fingerprint density at radius 3 is 2.75 bits per heavy atom. The van der Waals surface area contributed by atoms with Crippen molar-refractivity contribution in [2.24, 2.45) is 10.9 Å². The highest BCUT2D eigenvalue weighted by Gasteiger charge is 2.27. The number of aliphatic imine (C=N–C) groups is 1. The van der Waals surface area contributed by atoms with Gasteiger partial charge in [-0.05, 0) is 49.6 Å². The minimum absolute atomic E-state index is 0.0262. The Bertz CT molecular complexity index is 691. The van der Waals surface area contributed by atoms with Gasteiger partial charge in [-0.1, -0.05) is 19.3 Å². The summed E-state index contributed by atoms with van der Waals surface area (Å²) in [5, 5.41) is 9.17. The van der Waals surface area contributed by atoms with Crippen molar-refractivity contribution in [2.45, 2.75) is 39.0 Å². The van der Waals surface area contributed by atoms with E-state index in [9.17, 15) is 14.3 Å². The molecule has 0 saturated heterocycles. The highest BCUT2D eigenvalue weighted by atomic mass is 19.1. The van der Waals surface area contributed by atoms with E-state index < -0.39 is 5.97 Å².